The Labute approximate surface area is 225 Å². The van der Waals surface area contributed by atoms with Gasteiger partial charge in [-0.3, -0.25) is 0 Å². The first kappa shape index (κ1) is 27.4. The average molecular weight is 602 g/mol. The molecule has 1 saturated heterocycles. The molecule has 0 unspecified atom stereocenters. The van der Waals surface area contributed by atoms with Crippen LogP contribution in [-0.4, -0.2) is 42.1 Å². The number of carbonyl (C=O) groups excluding carboxylic acids is 1. The number of ether oxygens (including phenoxy) is 1. The number of likely N-dealkylation sites (tertiary alicyclic amines) is 1. The van der Waals surface area contributed by atoms with Crippen molar-refractivity contribution in [1.82, 2.24) is 4.90 Å². The lowest BCUT2D eigenvalue weighted by molar-refractivity contribution is -0.161. The number of alkyl halides is 6. The number of hydrogen-bond donors (Lipinski definition) is 1. The predicted octanol–water partition coefficient (Wildman–Crippen LogP) is 6.85. The molecule has 0 bridgehead atoms. The molecule has 3 aliphatic rings. The molecule has 15 heteroatoms. The molecule has 38 heavy (non-hydrogen) atoms. The minimum absolute atomic E-state index is 0.0410. The van der Waals surface area contributed by atoms with E-state index < -0.39 is 68.2 Å². The largest absolute Gasteiger partial charge is 0.409 e. The number of hydrogen-bond acceptors (Lipinski definition) is 4. The molecule has 3 heterocycles. The normalized spacial score (nSPS) is 23.3. The quantitative estimate of drug-likeness (QED) is 0.238. The highest BCUT2D eigenvalue weighted by molar-refractivity contribution is 7.99. The van der Waals surface area contributed by atoms with E-state index in [0.717, 1.165) is 0 Å². The van der Waals surface area contributed by atoms with Crippen LogP contribution in [0.1, 0.15) is 34.6 Å². The Bertz CT molecular complexity index is 1340. The third-order valence-corrected chi connectivity index (χ3v) is 8.78. The van der Waals surface area contributed by atoms with E-state index >= 15 is 0 Å². The summed E-state index contributed by atoms with van der Waals surface area (Å²) < 4.78 is 107. The molecule has 3 aliphatic heterocycles. The summed E-state index contributed by atoms with van der Waals surface area (Å²) in [7, 11) is 0. The first-order valence-electron chi connectivity index (χ1n) is 10.9. The molecule has 0 saturated carbocycles. The molecule has 204 valence electrons. The van der Waals surface area contributed by atoms with E-state index in [0.29, 0.717) is 23.3 Å². The summed E-state index contributed by atoms with van der Waals surface area (Å²) in [6.07, 6.45) is -11.2. The zero-order valence-corrected chi connectivity index (χ0v) is 21.2. The maximum atomic E-state index is 14.4. The number of benzene rings is 2. The molecule has 2 aromatic carbocycles. The Kier molecular flexibility index (Phi) is 6.41. The van der Waals surface area contributed by atoms with Crippen LogP contribution in [-0.2, 0) is 21.7 Å². The number of fused-ring (bicyclic) bond motifs is 2. The van der Waals surface area contributed by atoms with E-state index in [4.69, 9.17) is 33.7 Å². The minimum atomic E-state index is -5.09. The maximum absolute atomic E-state index is 14.4. The van der Waals surface area contributed by atoms with Crippen LogP contribution in [0.25, 0.3) is 0 Å². The maximum Gasteiger partial charge on any atom is 0.409 e. The fourth-order valence-electron chi connectivity index (χ4n) is 5.08. The van der Waals surface area contributed by atoms with Crippen molar-refractivity contribution in [3.63, 3.8) is 0 Å². The van der Waals surface area contributed by atoms with Crippen molar-refractivity contribution in [2.45, 2.75) is 41.6 Å². The first-order chi connectivity index (χ1) is 17.6. The van der Waals surface area contributed by atoms with Crippen LogP contribution in [0.5, 0.6) is 0 Å². The number of nitrogens with two attached hydrogens (primary N) is 1. The molecular weight excluding hydrogens is 586 g/mol. The summed E-state index contributed by atoms with van der Waals surface area (Å²) in [6, 6.07) is 4.58. The van der Waals surface area contributed by atoms with E-state index in [2.05, 4.69) is 4.40 Å². The van der Waals surface area contributed by atoms with Gasteiger partial charge in [0.15, 0.2) is 10.6 Å². The van der Waals surface area contributed by atoms with Gasteiger partial charge in [-0.2, -0.15) is 26.3 Å². The molecule has 2 N–H and O–H groups in total. The molecule has 5 rings (SSSR count). The van der Waals surface area contributed by atoms with Crippen molar-refractivity contribution in [2.24, 2.45) is 10.1 Å². The zero-order valence-electron chi connectivity index (χ0n) is 18.9. The van der Waals surface area contributed by atoms with E-state index in [9.17, 15) is 35.5 Å². The highest BCUT2D eigenvalue weighted by Crippen LogP contribution is 2.59. The van der Waals surface area contributed by atoms with Crippen molar-refractivity contribution in [1.29, 1.82) is 0 Å². The lowest BCUT2D eigenvalue weighted by Crippen LogP contribution is -2.62. The van der Waals surface area contributed by atoms with Crippen LogP contribution >= 0.6 is 35.1 Å². The fraction of sp³-hybridized carbons (Fsp3) is 0.391. The smallest absolute Gasteiger partial charge is 0.362 e. The van der Waals surface area contributed by atoms with Gasteiger partial charge in [0.2, 0.25) is 0 Å². The zero-order chi connectivity index (χ0) is 27.8. The predicted molar refractivity (Wildman–Crippen MR) is 127 cm³/mol. The molecule has 0 aliphatic carbocycles. The Morgan fingerprint density at radius 2 is 1.74 bits per heavy atom. The summed E-state index contributed by atoms with van der Waals surface area (Å²) >= 11 is 11.3. The topological polar surface area (TPSA) is 67.9 Å². The van der Waals surface area contributed by atoms with Gasteiger partial charge in [-0.1, -0.05) is 41.4 Å². The third kappa shape index (κ3) is 4.22. The Morgan fingerprint density at radius 3 is 2.29 bits per heavy atom. The number of primary amides is 1. The van der Waals surface area contributed by atoms with Crippen molar-refractivity contribution in [3.05, 3.63) is 68.4 Å². The summed E-state index contributed by atoms with van der Waals surface area (Å²) in [5.41, 5.74) is 3.69. The number of urea groups is 1. The fourth-order valence-corrected chi connectivity index (χ4v) is 6.55. The van der Waals surface area contributed by atoms with E-state index in [1.54, 1.807) is 0 Å². The van der Waals surface area contributed by atoms with Crippen molar-refractivity contribution in [2.75, 3.05) is 13.1 Å². The summed E-state index contributed by atoms with van der Waals surface area (Å²) in [4.78, 5) is 12.7. The summed E-state index contributed by atoms with van der Waals surface area (Å²) in [6.45, 7) is 0.232. The molecule has 2 amide bonds. The first-order valence-corrected chi connectivity index (χ1v) is 12.5. The molecular formula is C23H16Cl2F7N3O2S. The highest BCUT2D eigenvalue weighted by Gasteiger charge is 2.62. The van der Waals surface area contributed by atoms with Crippen LogP contribution in [0, 0.1) is 5.82 Å². The third-order valence-electron chi connectivity index (χ3n) is 6.98. The monoisotopic (exact) mass is 601 g/mol. The van der Waals surface area contributed by atoms with Gasteiger partial charge in [0.25, 0.3) is 0 Å². The second-order valence-corrected chi connectivity index (χ2v) is 11.2. The summed E-state index contributed by atoms with van der Waals surface area (Å²) in [5.74, 6) is -3.59. The van der Waals surface area contributed by atoms with E-state index in [-0.39, 0.29) is 37.2 Å². The molecule has 0 radical (unpaired) electrons. The molecule has 2 aromatic rings. The van der Waals surface area contributed by atoms with Crippen molar-refractivity contribution in [3.8, 4) is 0 Å². The summed E-state index contributed by atoms with van der Waals surface area (Å²) in [5, 5.41) is -1.40. The SMILES string of the molecule is NC(=O)N1CC2(C1)OCc1cc([C@@H](C3=NS[C@@](c4cc(Cl)c(F)c(Cl)c4)(C(F)(F)F)C3)C(F)(F)F)ccc12. The lowest BCUT2D eigenvalue weighted by Gasteiger charge is -2.46. The second kappa shape index (κ2) is 8.90. The van der Waals surface area contributed by atoms with Crippen LogP contribution in [0.3, 0.4) is 0 Å². The van der Waals surface area contributed by atoms with Crippen LogP contribution < -0.4 is 5.73 Å². The molecule has 5 nitrogen and oxygen atoms in total. The van der Waals surface area contributed by atoms with Crippen LogP contribution in [0.4, 0.5) is 35.5 Å². The van der Waals surface area contributed by atoms with E-state index in [1.165, 1.54) is 23.1 Å². The van der Waals surface area contributed by atoms with Gasteiger partial charge in [0, 0.05) is 12.1 Å². The average Bonchev–Trinajstić information content (AvgIpc) is 3.38. The Balaban J connectivity index is 1.50. The lowest BCUT2D eigenvalue weighted by atomic mass is 9.81. The molecule has 0 aromatic heterocycles. The number of amides is 2. The number of rotatable bonds is 3. The molecule has 2 atom stereocenters. The van der Waals surface area contributed by atoms with Gasteiger partial charge in [-0.25, -0.2) is 13.6 Å². The second-order valence-electron chi connectivity index (χ2n) is 9.30. The van der Waals surface area contributed by atoms with Gasteiger partial charge in [-0.15, -0.1) is 0 Å². The van der Waals surface area contributed by atoms with Crippen molar-refractivity contribution < 1.29 is 40.3 Å². The van der Waals surface area contributed by atoms with Gasteiger partial charge < -0.3 is 15.4 Å². The van der Waals surface area contributed by atoms with Crippen LogP contribution in [0.2, 0.25) is 10.0 Å². The van der Waals surface area contributed by atoms with Gasteiger partial charge in [-0.05, 0) is 46.3 Å². The standard InChI is InChI=1S/C23H16Cl2F7N3O2S/c24-14-4-12(5-15(25)18(14)26)21(23(30,31)32)6-16(34-38-21)17(22(27,28)29)10-1-2-13-11(3-10)7-37-20(13)8-35(9-20)19(33)36/h1-5,17H,6-9H2,(H2,33,36)/t17-,21-/m0/s1. The Morgan fingerprint density at radius 1 is 1.11 bits per heavy atom. The van der Waals surface area contributed by atoms with Crippen LogP contribution in [0.15, 0.2) is 34.7 Å². The molecule has 1 fully saturated rings. The van der Waals surface area contributed by atoms with E-state index in [1.807, 2.05) is 0 Å². The highest BCUT2D eigenvalue weighted by atomic mass is 35.5. The molecule has 1 spiro atoms. The minimum Gasteiger partial charge on any atom is -0.362 e. The Hall–Kier alpha value is -2.22. The van der Waals surface area contributed by atoms with Gasteiger partial charge in [0.1, 0.15) is 11.5 Å². The number of carbonyl (C=O) groups is 1. The van der Waals surface area contributed by atoms with Gasteiger partial charge >= 0.3 is 18.4 Å². The van der Waals surface area contributed by atoms with Crippen molar-refractivity contribution >= 4 is 46.9 Å². The number of halogens is 9. The van der Waals surface area contributed by atoms with Gasteiger partial charge in [0.05, 0.1) is 29.7 Å². The number of nitrogens with zero attached hydrogens (tertiary/aromatic N) is 2.